The van der Waals surface area contributed by atoms with E-state index in [9.17, 15) is 9.90 Å². The summed E-state index contributed by atoms with van der Waals surface area (Å²) >= 11 is 1.20. The van der Waals surface area contributed by atoms with E-state index in [0.717, 1.165) is 11.4 Å². The van der Waals surface area contributed by atoms with Crippen LogP contribution in [-0.2, 0) is 16.6 Å². The lowest BCUT2D eigenvalue weighted by Gasteiger charge is -2.14. The van der Waals surface area contributed by atoms with Gasteiger partial charge in [-0.25, -0.2) is 9.78 Å². The molecule has 0 spiro atoms. The average Bonchev–Trinajstić information content (AvgIpc) is 2.87. The Morgan fingerprint density at radius 3 is 2.52 bits per heavy atom. The number of nitrogens with zero attached hydrogens (tertiary/aromatic N) is 2. The minimum absolute atomic E-state index is 0.144. The molecule has 0 saturated heterocycles. The molecule has 0 unspecified atom stereocenters. The molecule has 2 rings (SSSR count). The number of carboxylic acids is 1. The number of rotatable bonds is 5. The van der Waals surface area contributed by atoms with Crippen molar-refractivity contribution in [1.82, 2.24) is 9.36 Å². The highest BCUT2D eigenvalue weighted by molar-refractivity contribution is 7.09. The van der Waals surface area contributed by atoms with Crippen LogP contribution in [0.1, 0.15) is 32.2 Å². The van der Waals surface area contributed by atoms with Gasteiger partial charge >= 0.3 is 5.97 Å². The van der Waals surface area contributed by atoms with E-state index in [-0.39, 0.29) is 5.41 Å². The molecular weight excluding hydrogens is 286 g/mol. The molecule has 1 aromatic carbocycles. The molecule has 5 nitrogen and oxygen atoms in total. The lowest BCUT2D eigenvalue weighted by molar-refractivity contribution is -0.137. The van der Waals surface area contributed by atoms with Gasteiger partial charge in [-0.2, -0.15) is 4.37 Å². The molecule has 0 aliphatic rings. The summed E-state index contributed by atoms with van der Waals surface area (Å²) < 4.78 is 4.28. The van der Waals surface area contributed by atoms with Gasteiger partial charge < -0.3 is 10.4 Å². The van der Waals surface area contributed by atoms with E-state index in [1.54, 1.807) is 0 Å². The molecule has 6 heteroatoms. The summed E-state index contributed by atoms with van der Waals surface area (Å²) in [5, 5.41) is 12.9. The zero-order chi connectivity index (χ0) is 15.5. The van der Waals surface area contributed by atoms with Crippen molar-refractivity contribution >= 4 is 22.6 Å². The summed E-state index contributed by atoms with van der Waals surface area (Å²) in [6, 6.07) is 8.82. The van der Waals surface area contributed by atoms with E-state index in [0.29, 0.717) is 11.6 Å². The van der Waals surface area contributed by atoms with E-state index < -0.39 is 12.0 Å². The molecule has 0 amide bonds. The van der Waals surface area contributed by atoms with E-state index in [1.165, 1.54) is 11.5 Å². The Morgan fingerprint density at radius 1 is 1.33 bits per heavy atom. The van der Waals surface area contributed by atoms with Gasteiger partial charge in [0.15, 0.2) is 0 Å². The fourth-order valence-electron chi connectivity index (χ4n) is 1.79. The van der Waals surface area contributed by atoms with Gasteiger partial charge in [-0.15, -0.1) is 0 Å². The van der Waals surface area contributed by atoms with Crippen LogP contribution in [0.3, 0.4) is 0 Å². The number of anilines is 1. The Bertz CT molecular complexity index is 605. The largest absolute Gasteiger partial charge is 0.480 e. The van der Waals surface area contributed by atoms with Gasteiger partial charge in [-0.05, 0) is 5.56 Å². The van der Waals surface area contributed by atoms with Gasteiger partial charge in [0.25, 0.3) is 0 Å². The maximum atomic E-state index is 11.4. The van der Waals surface area contributed by atoms with Crippen LogP contribution in [-0.4, -0.2) is 26.5 Å². The highest BCUT2D eigenvalue weighted by atomic mass is 32.1. The fraction of sp³-hybridized carbons (Fsp3) is 0.400. The maximum absolute atomic E-state index is 11.4. The summed E-state index contributed by atoms with van der Waals surface area (Å²) in [7, 11) is 0. The summed E-state index contributed by atoms with van der Waals surface area (Å²) in [6.45, 7) is 6.08. The summed E-state index contributed by atoms with van der Waals surface area (Å²) in [6.07, 6.45) is 0.403. The van der Waals surface area contributed by atoms with Crippen LogP contribution in [0, 0.1) is 0 Å². The molecule has 112 valence electrons. The van der Waals surface area contributed by atoms with Gasteiger partial charge in [0.2, 0.25) is 5.13 Å². The SMILES string of the molecule is CC(C)(C)c1nsc(N[C@@H](Cc2ccccc2)C(=O)O)n1. The number of nitrogens with one attached hydrogen (secondary N) is 1. The van der Waals surface area contributed by atoms with Crippen molar-refractivity contribution in [2.75, 3.05) is 5.32 Å². The van der Waals surface area contributed by atoms with Gasteiger partial charge in [0, 0.05) is 23.4 Å². The van der Waals surface area contributed by atoms with Crippen LogP contribution in [0.4, 0.5) is 5.13 Å². The molecule has 2 N–H and O–H groups in total. The molecule has 0 bridgehead atoms. The number of aromatic nitrogens is 2. The summed E-state index contributed by atoms with van der Waals surface area (Å²) in [5.41, 5.74) is 0.826. The molecule has 2 aromatic rings. The third kappa shape index (κ3) is 4.26. The van der Waals surface area contributed by atoms with Gasteiger partial charge in [-0.3, -0.25) is 0 Å². The molecule has 0 radical (unpaired) electrons. The number of carbonyl (C=O) groups is 1. The van der Waals surface area contributed by atoms with Crippen LogP contribution < -0.4 is 5.32 Å². The van der Waals surface area contributed by atoms with Gasteiger partial charge in [0.1, 0.15) is 11.9 Å². The highest BCUT2D eigenvalue weighted by Crippen LogP contribution is 2.23. The van der Waals surface area contributed by atoms with Crippen LogP contribution in [0.2, 0.25) is 0 Å². The second-order valence-electron chi connectivity index (χ2n) is 5.90. The third-order valence-electron chi connectivity index (χ3n) is 2.98. The van der Waals surface area contributed by atoms with Crippen molar-refractivity contribution < 1.29 is 9.90 Å². The Morgan fingerprint density at radius 2 is 2.00 bits per heavy atom. The number of hydrogen-bond donors (Lipinski definition) is 2. The standard InChI is InChI=1S/C15H19N3O2S/c1-15(2,3)13-17-14(21-18-13)16-11(12(19)20)9-10-7-5-4-6-8-10/h4-8,11H,9H2,1-3H3,(H,19,20)(H,16,17,18)/t11-/m0/s1. The zero-order valence-electron chi connectivity index (χ0n) is 12.3. The monoisotopic (exact) mass is 305 g/mol. The molecule has 1 atom stereocenters. The van der Waals surface area contributed by atoms with Crippen molar-refractivity contribution in [3.63, 3.8) is 0 Å². The van der Waals surface area contributed by atoms with Crippen LogP contribution in [0.5, 0.6) is 0 Å². The number of aliphatic carboxylic acids is 1. The predicted octanol–water partition coefficient (Wildman–Crippen LogP) is 2.94. The van der Waals surface area contributed by atoms with Crippen molar-refractivity contribution in [1.29, 1.82) is 0 Å². The molecule has 0 aliphatic carbocycles. The van der Waals surface area contributed by atoms with Crippen molar-refractivity contribution in [2.24, 2.45) is 0 Å². The fourth-order valence-corrected chi connectivity index (χ4v) is 2.60. The first-order valence-electron chi connectivity index (χ1n) is 6.74. The van der Waals surface area contributed by atoms with Crippen molar-refractivity contribution in [2.45, 2.75) is 38.6 Å². The topological polar surface area (TPSA) is 75.1 Å². The second-order valence-corrected chi connectivity index (χ2v) is 6.65. The van der Waals surface area contributed by atoms with Crippen molar-refractivity contribution in [3.8, 4) is 0 Å². The first kappa shape index (κ1) is 15.4. The van der Waals surface area contributed by atoms with E-state index in [4.69, 9.17) is 0 Å². The van der Waals surface area contributed by atoms with Crippen LogP contribution >= 0.6 is 11.5 Å². The Labute approximate surface area is 128 Å². The van der Waals surface area contributed by atoms with E-state index >= 15 is 0 Å². The summed E-state index contributed by atoms with van der Waals surface area (Å²) in [5.74, 6) is -0.176. The quantitative estimate of drug-likeness (QED) is 0.888. The highest BCUT2D eigenvalue weighted by Gasteiger charge is 2.23. The molecule has 21 heavy (non-hydrogen) atoms. The molecule has 0 fully saturated rings. The Hall–Kier alpha value is -1.95. The molecular formula is C15H19N3O2S. The Kier molecular flexibility index (Phi) is 4.57. The zero-order valence-corrected chi connectivity index (χ0v) is 13.1. The first-order chi connectivity index (χ1) is 9.86. The van der Waals surface area contributed by atoms with E-state index in [2.05, 4.69) is 14.7 Å². The average molecular weight is 305 g/mol. The number of hydrogen-bond acceptors (Lipinski definition) is 5. The number of benzene rings is 1. The molecule has 1 heterocycles. The molecule has 1 aromatic heterocycles. The third-order valence-corrected chi connectivity index (χ3v) is 3.62. The Balaban J connectivity index is 2.10. The van der Waals surface area contributed by atoms with Crippen LogP contribution in [0.15, 0.2) is 30.3 Å². The smallest absolute Gasteiger partial charge is 0.326 e. The first-order valence-corrected chi connectivity index (χ1v) is 7.51. The lowest BCUT2D eigenvalue weighted by Crippen LogP contribution is -2.31. The predicted molar refractivity (Wildman–Crippen MR) is 83.8 cm³/mol. The number of carboxylic acid groups (broad SMARTS) is 1. The minimum Gasteiger partial charge on any atom is -0.480 e. The second kappa shape index (κ2) is 6.22. The summed E-state index contributed by atoms with van der Waals surface area (Å²) in [4.78, 5) is 15.8. The molecule has 0 aliphatic heterocycles. The van der Waals surface area contributed by atoms with Gasteiger partial charge in [-0.1, -0.05) is 51.1 Å². The van der Waals surface area contributed by atoms with Gasteiger partial charge in [0.05, 0.1) is 0 Å². The van der Waals surface area contributed by atoms with Crippen LogP contribution in [0.25, 0.3) is 0 Å². The van der Waals surface area contributed by atoms with E-state index in [1.807, 2.05) is 51.1 Å². The maximum Gasteiger partial charge on any atom is 0.326 e. The molecule has 0 saturated carbocycles. The minimum atomic E-state index is -0.897. The normalized spacial score (nSPS) is 12.9. The lowest BCUT2D eigenvalue weighted by atomic mass is 9.96. The van der Waals surface area contributed by atoms with Crippen molar-refractivity contribution in [3.05, 3.63) is 41.7 Å².